The first kappa shape index (κ1) is 23.0. The lowest BCUT2D eigenvalue weighted by atomic mass is 10.1. The topological polar surface area (TPSA) is 106 Å². The van der Waals surface area contributed by atoms with Gasteiger partial charge in [0.05, 0.1) is 18.3 Å². The van der Waals surface area contributed by atoms with Gasteiger partial charge in [-0.25, -0.2) is 19.3 Å². The van der Waals surface area contributed by atoms with Crippen LogP contribution in [-0.2, 0) is 16.1 Å². The van der Waals surface area contributed by atoms with Gasteiger partial charge in [-0.05, 0) is 52.7 Å². The monoisotopic (exact) mass is 537 g/mol. The Morgan fingerprint density at radius 2 is 1.94 bits per heavy atom. The Balaban J connectivity index is 1.32. The third kappa shape index (κ3) is 4.90. The molecule has 0 radical (unpaired) electrons. The Labute approximate surface area is 208 Å². The average Bonchev–Trinajstić information content (AvgIpc) is 3.42. The lowest BCUT2D eigenvalue weighted by molar-refractivity contribution is -0.137. The fourth-order valence-corrected chi connectivity index (χ4v) is 4.49. The number of rotatable bonds is 5. The van der Waals surface area contributed by atoms with E-state index in [1.54, 1.807) is 41.5 Å². The lowest BCUT2D eigenvalue weighted by Gasteiger charge is -2.23. The number of aryl methyl sites for hydroxylation is 1. The molecule has 0 saturated carbocycles. The fraction of sp³-hybridized carbons (Fsp3) is 0.250. The first-order valence-corrected chi connectivity index (χ1v) is 11.8. The summed E-state index contributed by atoms with van der Waals surface area (Å²) in [6.07, 6.45) is 3.85. The summed E-state index contributed by atoms with van der Waals surface area (Å²) >= 11 is 3.25. The lowest BCUT2D eigenvalue weighted by Crippen LogP contribution is -2.44. The van der Waals surface area contributed by atoms with Crippen LogP contribution in [0.1, 0.15) is 12.2 Å². The molecule has 3 aromatic heterocycles. The maximum absolute atomic E-state index is 14.3. The van der Waals surface area contributed by atoms with Crippen LogP contribution in [0.25, 0.3) is 22.0 Å². The SMILES string of the molecule is Cc1ncc(-c2ccc3c(cnn3CC(=O)N3C[C@H](F)C[C@H]3C(=O)Nc3cccc(Br)n3)c2)cn1. The number of alkyl halides is 1. The van der Waals surface area contributed by atoms with Crippen molar-refractivity contribution in [2.45, 2.75) is 32.1 Å². The van der Waals surface area contributed by atoms with E-state index in [2.05, 4.69) is 41.3 Å². The van der Waals surface area contributed by atoms with E-state index in [4.69, 9.17) is 0 Å². The van der Waals surface area contributed by atoms with E-state index in [0.29, 0.717) is 16.2 Å². The minimum Gasteiger partial charge on any atom is -0.326 e. The van der Waals surface area contributed by atoms with E-state index < -0.39 is 18.1 Å². The number of benzene rings is 1. The fourth-order valence-electron chi connectivity index (χ4n) is 4.15. The molecule has 1 aliphatic rings. The molecule has 0 aliphatic carbocycles. The predicted octanol–water partition coefficient (Wildman–Crippen LogP) is 3.54. The minimum absolute atomic E-state index is 0.0621. The summed E-state index contributed by atoms with van der Waals surface area (Å²) in [4.78, 5) is 39.9. The molecule has 1 aromatic carbocycles. The van der Waals surface area contributed by atoms with Crippen LogP contribution in [0.2, 0.25) is 0 Å². The Morgan fingerprint density at radius 3 is 2.71 bits per heavy atom. The van der Waals surface area contributed by atoms with Crippen LogP contribution in [0.3, 0.4) is 0 Å². The van der Waals surface area contributed by atoms with Crippen molar-refractivity contribution < 1.29 is 14.0 Å². The number of carbonyl (C=O) groups excluding carboxylic acids is 2. The largest absolute Gasteiger partial charge is 0.326 e. The molecule has 4 aromatic rings. The number of likely N-dealkylation sites (tertiary alicyclic amines) is 1. The van der Waals surface area contributed by atoms with Crippen molar-refractivity contribution in [3.63, 3.8) is 0 Å². The molecule has 1 fully saturated rings. The quantitative estimate of drug-likeness (QED) is 0.390. The second-order valence-electron chi connectivity index (χ2n) is 8.32. The highest BCUT2D eigenvalue weighted by molar-refractivity contribution is 9.10. The number of fused-ring (bicyclic) bond motifs is 1. The second-order valence-corrected chi connectivity index (χ2v) is 9.14. The van der Waals surface area contributed by atoms with Gasteiger partial charge in [-0.3, -0.25) is 14.3 Å². The van der Waals surface area contributed by atoms with Crippen molar-refractivity contribution in [1.82, 2.24) is 29.6 Å². The van der Waals surface area contributed by atoms with E-state index >= 15 is 0 Å². The predicted molar refractivity (Wildman–Crippen MR) is 131 cm³/mol. The summed E-state index contributed by atoms with van der Waals surface area (Å²) in [5.41, 5.74) is 2.56. The Bertz CT molecular complexity index is 1410. The van der Waals surface area contributed by atoms with Crippen LogP contribution in [0.15, 0.2) is 59.6 Å². The average molecular weight is 538 g/mol. The molecule has 0 spiro atoms. The van der Waals surface area contributed by atoms with E-state index in [9.17, 15) is 14.0 Å². The number of nitrogens with zero attached hydrogens (tertiary/aromatic N) is 6. The zero-order chi connectivity index (χ0) is 24.5. The van der Waals surface area contributed by atoms with Crippen LogP contribution in [-0.4, -0.2) is 60.2 Å². The third-order valence-electron chi connectivity index (χ3n) is 5.88. The minimum atomic E-state index is -1.28. The van der Waals surface area contributed by atoms with Gasteiger partial charge in [0.1, 0.15) is 35.0 Å². The number of nitrogens with one attached hydrogen (secondary N) is 1. The van der Waals surface area contributed by atoms with Gasteiger partial charge < -0.3 is 10.2 Å². The van der Waals surface area contributed by atoms with Gasteiger partial charge in [0.25, 0.3) is 0 Å². The van der Waals surface area contributed by atoms with Gasteiger partial charge in [0, 0.05) is 29.8 Å². The highest BCUT2D eigenvalue weighted by Gasteiger charge is 2.40. The number of hydrogen-bond acceptors (Lipinski definition) is 6. The summed E-state index contributed by atoms with van der Waals surface area (Å²) in [5, 5.41) is 7.86. The normalized spacial score (nSPS) is 17.6. The second kappa shape index (κ2) is 9.49. The van der Waals surface area contributed by atoms with Crippen molar-refractivity contribution in [3.05, 3.63) is 65.4 Å². The van der Waals surface area contributed by atoms with E-state index in [-0.39, 0.29) is 25.4 Å². The molecule has 2 atom stereocenters. The van der Waals surface area contributed by atoms with Gasteiger partial charge in [-0.2, -0.15) is 5.10 Å². The molecule has 1 saturated heterocycles. The van der Waals surface area contributed by atoms with Crippen molar-refractivity contribution in [1.29, 1.82) is 0 Å². The number of anilines is 1. The number of carbonyl (C=O) groups is 2. The molecule has 178 valence electrons. The maximum atomic E-state index is 14.3. The number of hydrogen-bond donors (Lipinski definition) is 1. The molecule has 4 heterocycles. The Morgan fingerprint density at radius 1 is 1.14 bits per heavy atom. The molecular weight excluding hydrogens is 517 g/mol. The highest BCUT2D eigenvalue weighted by Crippen LogP contribution is 2.25. The number of pyridine rings is 1. The highest BCUT2D eigenvalue weighted by atomic mass is 79.9. The van der Waals surface area contributed by atoms with Crippen LogP contribution < -0.4 is 5.32 Å². The molecular formula is C24H21BrFN7O2. The van der Waals surface area contributed by atoms with E-state index in [1.165, 1.54) is 4.90 Å². The van der Waals surface area contributed by atoms with E-state index in [0.717, 1.165) is 22.0 Å². The number of halogens is 2. The third-order valence-corrected chi connectivity index (χ3v) is 6.32. The van der Waals surface area contributed by atoms with Gasteiger partial charge >= 0.3 is 0 Å². The number of aromatic nitrogens is 5. The van der Waals surface area contributed by atoms with Gasteiger partial charge in [-0.1, -0.05) is 12.1 Å². The van der Waals surface area contributed by atoms with E-state index in [1.807, 2.05) is 25.1 Å². The van der Waals surface area contributed by atoms with Crippen molar-refractivity contribution in [3.8, 4) is 11.1 Å². The molecule has 0 bridgehead atoms. The Kier molecular flexibility index (Phi) is 6.25. The van der Waals surface area contributed by atoms with Crippen LogP contribution in [0.5, 0.6) is 0 Å². The molecule has 9 nitrogen and oxygen atoms in total. The van der Waals surface area contributed by atoms with Crippen molar-refractivity contribution >= 4 is 44.5 Å². The molecule has 5 rings (SSSR count). The summed E-state index contributed by atoms with van der Waals surface area (Å²) in [6, 6.07) is 9.89. The zero-order valence-electron chi connectivity index (χ0n) is 18.7. The van der Waals surface area contributed by atoms with Crippen LogP contribution >= 0.6 is 15.9 Å². The first-order valence-electron chi connectivity index (χ1n) is 11.0. The maximum Gasteiger partial charge on any atom is 0.248 e. The Hall–Kier alpha value is -3.73. The van der Waals surface area contributed by atoms with Crippen molar-refractivity contribution in [2.24, 2.45) is 0 Å². The van der Waals surface area contributed by atoms with Gasteiger partial charge in [-0.15, -0.1) is 0 Å². The standard InChI is InChI=1S/C24H21BrFN7O2/c1-14-27-9-17(10-28-14)15-5-6-19-16(7-15)11-29-33(19)13-23(34)32-12-18(26)8-20(32)24(35)31-22-4-2-3-21(25)30-22/h2-7,9-11,18,20H,8,12-13H2,1H3,(H,30,31,35)/t18-,20+/m1/s1. The van der Waals surface area contributed by atoms with Crippen molar-refractivity contribution in [2.75, 3.05) is 11.9 Å². The summed E-state index contributed by atoms with van der Waals surface area (Å²) in [7, 11) is 0. The molecule has 1 aliphatic heterocycles. The van der Waals surface area contributed by atoms with Gasteiger partial charge in [0.2, 0.25) is 11.8 Å². The summed E-state index contributed by atoms with van der Waals surface area (Å²) < 4.78 is 16.4. The van der Waals surface area contributed by atoms with Crippen LogP contribution in [0, 0.1) is 6.92 Å². The van der Waals surface area contributed by atoms with Gasteiger partial charge in [0.15, 0.2) is 0 Å². The summed E-state index contributed by atoms with van der Waals surface area (Å²) in [6.45, 7) is 1.58. The molecule has 35 heavy (non-hydrogen) atoms. The smallest absolute Gasteiger partial charge is 0.248 e. The molecule has 0 unspecified atom stereocenters. The number of amides is 2. The summed E-state index contributed by atoms with van der Waals surface area (Å²) in [5.74, 6) is 0.165. The molecule has 1 N–H and O–H groups in total. The molecule has 2 amide bonds. The first-order chi connectivity index (χ1) is 16.9. The van der Waals surface area contributed by atoms with Crippen LogP contribution in [0.4, 0.5) is 10.2 Å². The zero-order valence-corrected chi connectivity index (χ0v) is 20.3. The molecule has 11 heteroatoms.